The van der Waals surface area contributed by atoms with Gasteiger partial charge in [0.1, 0.15) is 5.75 Å². The maximum Gasteiger partial charge on any atom is 0.243 e. The van der Waals surface area contributed by atoms with Gasteiger partial charge in [-0.2, -0.15) is 4.31 Å². The van der Waals surface area contributed by atoms with Crippen molar-refractivity contribution in [1.29, 1.82) is 0 Å². The van der Waals surface area contributed by atoms with E-state index in [2.05, 4.69) is 5.32 Å². The topological polar surface area (TPSA) is 79.0 Å². The highest BCUT2D eigenvalue weighted by Crippen LogP contribution is 2.19. The fourth-order valence-corrected chi connectivity index (χ4v) is 5.12. The minimum Gasteiger partial charge on any atom is -0.497 e. The molecule has 1 unspecified atom stereocenters. The van der Waals surface area contributed by atoms with Crippen LogP contribution >= 0.6 is 0 Å². The highest BCUT2D eigenvalue weighted by Gasteiger charge is 2.29. The average Bonchev–Trinajstić information content (AvgIpc) is 3.04. The first kappa shape index (κ1) is 23.2. The summed E-state index contributed by atoms with van der Waals surface area (Å²) in [5.74, 6) is 0.712. The molecule has 1 saturated heterocycles. The molecule has 0 bridgehead atoms. The van der Waals surface area contributed by atoms with Crippen molar-refractivity contribution in [2.45, 2.75) is 37.8 Å². The molecule has 3 rings (SSSR count). The highest BCUT2D eigenvalue weighted by molar-refractivity contribution is 7.89. The van der Waals surface area contributed by atoms with Crippen LogP contribution in [0.25, 0.3) is 0 Å². The van der Waals surface area contributed by atoms with Crippen molar-refractivity contribution in [3.8, 4) is 5.75 Å². The largest absolute Gasteiger partial charge is 0.497 e. The van der Waals surface area contributed by atoms with Crippen molar-refractivity contribution >= 4 is 15.9 Å². The smallest absolute Gasteiger partial charge is 0.243 e. The molecule has 168 valence electrons. The molecule has 1 heterocycles. The zero-order valence-corrected chi connectivity index (χ0v) is 19.2. The summed E-state index contributed by atoms with van der Waals surface area (Å²) in [5.41, 5.74) is 2.02. The Morgan fingerprint density at radius 1 is 1.03 bits per heavy atom. The number of carbonyl (C=O) groups excluding carboxylic acids is 1. The molecule has 1 aliphatic rings. The summed E-state index contributed by atoms with van der Waals surface area (Å²) in [5, 5.41) is 2.97. The zero-order chi connectivity index (χ0) is 22.4. The standard InChI is InChI=1S/C23H31N3O4S/c1-18-5-11-22(12-6-18)31(28,29)26-14-4-13-25(15-16-26)19(2)23(27)24-17-20-7-9-21(30-3)10-8-20/h5-12,19H,4,13-17H2,1-3H3,(H,24,27). The Morgan fingerprint density at radius 3 is 2.35 bits per heavy atom. The van der Waals surface area contributed by atoms with Gasteiger partial charge < -0.3 is 10.1 Å². The third kappa shape index (κ3) is 5.84. The number of ether oxygens (including phenoxy) is 1. The molecule has 1 atom stereocenters. The first-order valence-electron chi connectivity index (χ1n) is 10.5. The second-order valence-corrected chi connectivity index (χ2v) is 9.79. The lowest BCUT2D eigenvalue weighted by Gasteiger charge is -2.27. The van der Waals surface area contributed by atoms with Gasteiger partial charge in [-0.1, -0.05) is 29.8 Å². The van der Waals surface area contributed by atoms with Gasteiger partial charge in [-0.05, 0) is 50.1 Å². The number of nitrogens with one attached hydrogen (secondary N) is 1. The Morgan fingerprint density at radius 2 is 1.71 bits per heavy atom. The highest BCUT2D eigenvalue weighted by atomic mass is 32.2. The van der Waals surface area contributed by atoms with E-state index in [0.29, 0.717) is 44.0 Å². The number of methoxy groups -OCH3 is 1. The van der Waals surface area contributed by atoms with Crippen molar-refractivity contribution < 1.29 is 17.9 Å². The third-order valence-corrected chi connectivity index (χ3v) is 7.61. The van der Waals surface area contributed by atoms with E-state index in [4.69, 9.17) is 4.74 Å². The van der Waals surface area contributed by atoms with Crippen LogP contribution in [0.4, 0.5) is 0 Å². The number of nitrogens with zero attached hydrogens (tertiary/aromatic N) is 2. The van der Waals surface area contributed by atoms with Crippen molar-refractivity contribution in [3.05, 3.63) is 59.7 Å². The van der Waals surface area contributed by atoms with Crippen LogP contribution in [0.5, 0.6) is 5.75 Å². The van der Waals surface area contributed by atoms with Crippen LogP contribution in [-0.4, -0.2) is 62.9 Å². The molecule has 1 aliphatic heterocycles. The van der Waals surface area contributed by atoms with E-state index < -0.39 is 10.0 Å². The van der Waals surface area contributed by atoms with Crippen molar-refractivity contribution in [1.82, 2.24) is 14.5 Å². The van der Waals surface area contributed by atoms with Crippen LogP contribution < -0.4 is 10.1 Å². The van der Waals surface area contributed by atoms with E-state index in [1.165, 1.54) is 4.31 Å². The van der Waals surface area contributed by atoms with Gasteiger partial charge in [-0.3, -0.25) is 9.69 Å². The van der Waals surface area contributed by atoms with E-state index >= 15 is 0 Å². The number of hydrogen-bond donors (Lipinski definition) is 1. The molecule has 2 aromatic carbocycles. The number of amides is 1. The normalized spacial score (nSPS) is 17.0. The molecule has 31 heavy (non-hydrogen) atoms. The van der Waals surface area contributed by atoms with Gasteiger partial charge in [0.05, 0.1) is 18.0 Å². The van der Waals surface area contributed by atoms with Crippen LogP contribution in [-0.2, 0) is 21.4 Å². The number of aryl methyl sites for hydroxylation is 1. The Bertz CT molecular complexity index is 975. The van der Waals surface area contributed by atoms with Gasteiger partial charge in [-0.25, -0.2) is 8.42 Å². The fourth-order valence-electron chi connectivity index (χ4n) is 3.65. The molecule has 2 aromatic rings. The first-order chi connectivity index (χ1) is 14.8. The van der Waals surface area contributed by atoms with E-state index in [1.54, 1.807) is 19.2 Å². The Balaban J connectivity index is 1.56. The SMILES string of the molecule is COc1ccc(CNC(=O)C(C)N2CCCN(S(=O)(=O)c3ccc(C)cc3)CC2)cc1. The molecular weight excluding hydrogens is 414 g/mol. The van der Waals surface area contributed by atoms with Crippen LogP contribution in [0.15, 0.2) is 53.4 Å². The molecule has 1 fully saturated rings. The van der Waals surface area contributed by atoms with E-state index in [-0.39, 0.29) is 11.9 Å². The van der Waals surface area contributed by atoms with Crippen molar-refractivity contribution in [2.75, 3.05) is 33.3 Å². The summed E-state index contributed by atoms with van der Waals surface area (Å²) < 4.78 is 32.6. The number of sulfonamides is 1. The van der Waals surface area contributed by atoms with Gasteiger partial charge in [0.25, 0.3) is 0 Å². The summed E-state index contributed by atoms with van der Waals surface area (Å²) in [6.07, 6.45) is 0.682. The van der Waals surface area contributed by atoms with Crippen molar-refractivity contribution in [2.24, 2.45) is 0 Å². The summed E-state index contributed by atoms with van der Waals surface area (Å²) in [6, 6.07) is 14.2. The fraction of sp³-hybridized carbons (Fsp3) is 0.435. The summed E-state index contributed by atoms with van der Waals surface area (Å²) in [6.45, 7) is 6.25. The minimum atomic E-state index is -3.53. The maximum absolute atomic E-state index is 13.0. The molecule has 0 aromatic heterocycles. The summed E-state index contributed by atoms with van der Waals surface area (Å²) in [4.78, 5) is 15.0. The predicted molar refractivity (Wildman–Crippen MR) is 120 cm³/mol. The molecule has 8 heteroatoms. The van der Waals surface area contributed by atoms with E-state index in [0.717, 1.165) is 16.9 Å². The van der Waals surface area contributed by atoms with E-state index in [1.807, 2.05) is 55.1 Å². The zero-order valence-electron chi connectivity index (χ0n) is 18.4. The van der Waals surface area contributed by atoms with Crippen LogP contribution in [0, 0.1) is 6.92 Å². The minimum absolute atomic E-state index is 0.0642. The molecule has 0 saturated carbocycles. The van der Waals surface area contributed by atoms with Gasteiger partial charge >= 0.3 is 0 Å². The van der Waals surface area contributed by atoms with Crippen LogP contribution in [0.2, 0.25) is 0 Å². The molecule has 0 radical (unpaired) electrons. The number of hydrogen-bond acceptors (Lipinski definition) is 5. The average molecular weight is 446 g/mol. The molecule has 1 N–H and O–H groups in total. The lowest BCUT2D eigenvalue weighted by atomic mass is 10.2. The summed E-state index contributed by atoms with van der Waals surface area (Å²) in [7, 11) is -1.91. The molecular formula is C23H31N3O4S. The monoisotopic (exact) mass is 445 g/mol. The number of carbonyl (C=O) groups is 1. The molecule has 1 amide bonds. The Labute approximate surface area is 185 Å². The second kappa shape index (κ2) is 10.3. The van der Waals surface area contributed by atoms with Gasteiger partial charge in [-0.15, -0.1) is 0 Å². The Hall–Kier alpha value is -2.42. The molecule has 0 aliphatic carbocycles. The summed E-state index contributed by atoms with van der Waals surface area (Å²) >= 11 is 0. The van der Waals surface area contributed by atoms with Gasteiger partial charge in [0, 0.05) is 32.7 Å². The van der Waals surface area contributed by atoms with Gasteiger partial charge in [0.2, 0.25) is 15.9 Å². The van der Waals surface area contributed by atoms with Crippen molar-refractivity contribution in [3.63, 3.8) is 0 Å². The number of rotatable bonds is 7. The van der Waals surface area contributed by atoms with E-state index in [9.17, 15) is 13.2 Å². The second-order valence-electron chi connectivity index (χ2n) is 7.85. The number of benzene rings is 2. The predicted octanol–water partition coefficient (Wildman–Crippen LogP) is 2.40. The van der Waals surface area contributed by atoms with Gasteiger partial charge in [0.15, 0.2) is 0 Å². The lowest BCUT2D eigenvalue weighted by Crippen LogP contribution is -2.46. The molecule has 7 nitrogen and oxygen atoms in total. The first-order valence-corrected chi connectivity index (χ1v) is 12.0. The lowest BCUT2D eigenvalue weighted by molar-refractivity contribution is -0.126. The third-order valence-electron chi connectivity index (χ3n) is 5.70. The van der Waals surface area contributed by atoms with Crippen LogP contribution in [0.3, 0.4) is 0 Å². The quantitative estimate of drug-likeness (QED) is 0.708. The van der Waals surface area contributed by atoms with Crippen LogP contribution in [0.1, 0.15) is 24.5 Å². The maximum atomic E-state index is 13.0. The molecule has 0 spiro atoms. The Kier molecular flexibility index (Phi) is 7.69.